The molecule has 2 atom stereocenters. The summed E-state index contributed by atoms with van der Waals surface area (Å²) in [5.74, 6) is -0.338. The van der Waals surface area contributed by atoms with Crippen LogP contribution in [0.3, 0.4) is 0 Å². The summed E-state index contributed by atoms with van der Waals surface area (Å²) in [5, 5.41) is 0. The van der Waals surface area contributed by atoms with E-state index >= 15 is 0 Å². The molecule has 0 N–H and O–H groups in total. The summed E-state index contributed by atoms with van der Waals surface area (Å²) >= 11 is 0. The number of ether oxygens (including phenoxy) is 3. The maximum Gasteiger partial charge on any atom is 0.305 e. The molecule has 1 heterocycles. The van der Waals surface area contributed by atoms with E-state index in [0.717, 1.165) is 6.42 Å². The van der Waals surface area contributed by atoms with E-state index in [1.807, 2.05) is 6.92 Å². The first-order valence-corrected chi connectivity index (χ1v) is 3.66. The van der Waals surface area contributed by atoms with Gasteiger partial charge in [-0.3, -0.25) is 4.79 Å². The third-order valence-corrected chi connectivity index (χ3v) is 1.35. The summed E-state index contributed by atoms with van der Waals surface area (Å²) in [6, 6.07) is 0. The summed E-state index contributed by atoms with van der Waals surface area (Å²) in [7, 11) is 0. The van der Waals surface area contributed by atoms with Crippen molar-refractivity contribution in [3.63, 3.8) is 0 Å². The molecule has 0 aromatic heterocycles. The van der Waals surface area contributed by atoms with Crippen molar-refractivity contribution in [3.05, 3.63) is 0 Å². The Hall–Kier alpha value is -0.610. The minimum Gasteiger partial charge on any atom is -0.433 e. The van der Waals surface area contributed by atoms with Gasteiger partial charge in [0.2, 0.25) is 6.29 Å². The van der Waals surface area contributed by atoms with E-state index in [2.05, 4.69) is 0 Å². The van der Waals surface area contributed by atoms with Gasteiger partial charge in [0.25, 0.3) is 0 Å². The molecule has 1 rings (SSSR count). The van der Waals surface area contributed by atoms with Gasteiger partial charge in [-0.25, -0.2) is 0 Å². The van der Waals surface area contributed by atoms with Crippen molar-refractivity contribution in [2.45, 2.75) is 32.8 Å². The Morgan fingerprint density at radius 1 is 1.73 bits per heavy atom. The number of hydrogen-bond donors (Lipinski definition) is 0. The van der Waals surface area contributed by atoms with E-state index in [1.54, 1.807) is 0 Å². The lowest BCUT2D eigenvalue weighted by Crippen LogP contribution is -2.18. The van der Waals surface area contributed by atoms with Crippen LogP contribution in [0.15, 0.2) is 0 Å². The fraction of sp³-hybridized carbons (Fsp3) is 0.857. The van der Waals surface area contributed by atoms with Gasteiger partial charge < -0.3 is 14.2 Å². The largest absolute Gasteiger partial charge is 0.433 e. The monoisotopic (exact) mass is 160 g/mol. The molecular weight excluding hydrogens is 148 g/mol. The molecule has 0 bridgehead atoms. The van der Waals surface area contributed by atoms with E-state index in [-0.39, 0.29) is 12.3 Å². The number of rotatable bonds is 2. The van der Waals surface area contributed by atoms with E-state index in [1.165, 1.54) is 6.92 Å². The van der Waals surface area contributed by atoms with Crippen LogP contribution >= 0.6 is 0 Å². The lowest BCUT2D eigenvalue weighted by molar-refractivity contribution is -0.173. The van der Waals surface area contributed by atoms with Crippen molar-refractivity contribution in [3.8, 4) is 0 Å². The highest BCUT2D eigenvalue weighted by Crippen LogP contribution is 2.14. The van der Waals surface area contributed by atoms with E-state index in [0.29, 0.717) is 6.61 Å². The predicted octanol–water partition coefficient (Wildman–Crippen LogP) is 0.659. The zero-order valence-electron chi connectivity index (χ0n) is 6.70. The molecule has 0 spiro atoms. The van der Waals surface area contributed by atoms with Gasteiger partial charge in [-0.15, -0.1) is 0 Å². The first kappa shape index (κ1) is 8.49. The van der Waals surface area contributed by atoms with Crippen LogP contribution in [0.1, 0.15) is 20.3 Å². The highest BCUT2D eigenvalue weighted by molar-refractivity contribution is 5.66. The first-order chi connectivity index (χ1) is 5.22. The van der Waals surface area contributed by atoms with Gasteiger partial charge in [0.05, 0.1) is 0 Å². The van der Waals surface area contributed by atoms with E-state index in [9.17, 15) is 4.79 Å². The molecule has 0 saturated carbocycles. The molecule has 0 aliphatic carbocycles. The zero-order valence-corrected chi connectivity index (χ0v) is 6.70. The van der Waals surface area contributed by atoms with Crippen LogP contribution in [0.5, 0.6) is 0 Å². The summed E-state index contributed by atoms with van der Waals surface area (Å²) in [6.07, 6.45) is 0.0643. The maximum atomic E-state index is 10.4. The van der Waals surface area contributed by atoms with Crippen LogP contribution in [-0.2, 0) is 19.0 Å². The number of carbonyl (C=O) groups is 1. The number of hydrogen-bond acceptors (Lipinski definition) is 4. The average molecular weight is 160 g/mol. The minimum absolute atomic E-state index is 0.209. The van der Waals surface area contributed by atoms with Gasteiger partial charge >= 0.3 is 5.97 Å². The normalized spacial score (nSPS) is 30.4. The smallest absolute Gasteiger partial charge is 0.305 e. The fourth-order valence-electron chi connectivity index (χ4n) is 0.895. The molecule has 0 aromatic carbocycles. The summed E-state index contributed by atoms with van der Waals surface area (Å²) in [4.78, 5) is 10.4. The summed E-state index contributed by atoms with van der Waals surface area (Å²) in [5.41, 5.74) is 0. The first-order valence-electron chi connectivity index (χ1n) is 3.66. The quantitative estimate of drug-likeness (QED) is 0.556. The van der Waals surface area contributed by atoms with Crippen molar-refractivity contribution in [2.24, 2.45) is 0 Å². The van der Waals surface area contributed by atoms with Crippen molar-refractivity contribution < 1.29 is 19.0 Å². The van der Waals surface area contributed by atoms with Crippen molar-refractivity contribution >= 4 is 5.97 Å². The molecule has 1 saturated heterocycles. The van der Waals surface area contributed by atoms with Crippen LogP contribution in [0.25, 0.3) is 0 Å². The van der Waals surface area contributed by atoms with Gasteiger partial charge in [0.15, 0.2) is 6.29 Å². The third kappa shape index (κ3) is 2.48. The van der Waals surface area contributed by atoms with E-state index < -0.39 is 6.29 Å². The second-order valence-electron chi connectivity index (χ2n) is 2.35. The van der Waals surface area contributed by atoms with E-state index in [4.69, 9.17) is 14.2 Å². The molecule has 1 aliphatic heterocycles. The van der Waals surface area contributed by atoms with Gasteiger partial charge in [0.1, 0.15) is 6.61 Å². The molecule has 4 nitrogen and oxygen atoms in total. The molecule has 1 aliphatic rings. The lowest BCUT2D eigenvalue weighted by atomic mass is 10.5. The Morgan fingerprint density at radius 3 is 2.91 bits per heavy atom. The predicted molar refractivity (Wildman–Crippen MR) is 36.7 cm³/mol. The van der Waals surface area contributed by atoms with Crippen LogP contribution in [-0.4, -0.2) is 25.2 Å². The fourth-order valence-corrected chi connectivity index (χ4v) is 0.895. The van der Waals surface area contributed by atoms with Crippen LogP contribution in [0.2, 0.25) is 0 Å². The third-order valence-electron chi connectivity index (χ3n) is 1.35. The van der Waals surface area contributed by atoms with Gasteiger partial charge in [0, 0.05) is 6.92 Å². The molecule has 1 fully saturated rings. The number of carbonyl (C=O) groups excluding carboxylic acids is 1. The summed E-state index contributed by atoms with van der Waals surface area (Å²) in [6.45, 7) is 3.64. The maximum absolute atomic E-state index is 10.4. The molecule has 0 aromatic rings. The summed E-state index contributed by atoms with van der Waals surface area (Å²) < 4.78 is 15.0. The Kier molecular flexibility index (Phi) is 2.84. The molecule has 11 heavy (non-hydrogen) atoms. The molecule has 0 radical (unpaired) electrons. The Morgan fingerprint density at radius 2 is 2.45 bits per heavy atom. The molecule has 64 valence electrons. The van der Waals surface area contributed by atoms with Crippen molar-refractivity contribution in [2.75, 3.05) is 6.61 Å². The van der Waals surface area contributed by atoms with Gasteiger partial charge in [-0.05, 0) is 6.42 Å². The van der Waals surface area contributed by atoms with Crippen LogP contribution < -0.4 is 0 Å². The molecule has 4 heteroatoms. The standard InChI is InChI=1S/C7H12O4/c1-3-6-9-4-7(11-6)10-5(2)8/h6-7H,3-4H2,1-2H3/t6-,7-/m1/s1. The van der Waals surface area contributed by atoms with Crippen molar-refractivity contribution in [1.82, 2.24) is 0 Å². The second-order valence-corrected chi connectivity index (χ2v) is 2.35. The average Bonchev–Trinajstić information content (AvgIpc) is 2.34. The lowest BCUT2D eigenvalue weighted by Gasteiger charge is -2.08. The Bertz CT molecular complexity index is 145. The molecule has 0 unspecified atom stereocenters. The van der Waals surface area contributed by atoms with Crippen LogP contribution in [0, 0.1) is 0 Å². The topological polar surface area (TPSA) is 44.8 Å². The van der Waals surface area contributed by atoms with Crippen molar-refractivity contribution in [1.29, 1.82) is 0 Å². The highest BCUT2D eigenvalue weighted by atomic mass is 16.8. The zero-order chi connectivity index (χ0) is 8.27. The second kappa shape index (κ2) is 3.69. The van der Waals surface area contributed by atoms with Gasteiger partial charge in [-0.2, -0.15) is 0 Å². The Labute approximate surface area is 65.4 Å². The SMILES string of the molecule is CC[C@@H]1OC[C@H](OC(C)=O)O1. The number of esters is 1. The molecule has 0 amide bonds. The molecular formula is C7H12O4. The van der Waals surface area contributed by atoms with Crippen LogP contribution in [0.4, 0.5) is 0 Å². The minimum atomic E-state index is -0.502. The Balaban J connectivity index is 2.24. The van der Waals surface area contributed by atoms with Gasteiger partial charge in [-0.1, -0.05) is 6.92 Å². The highest BCUT2D eigenvalue weighted by Gasteiger charge is 2.26.